The minimum atomic E-state index is -0.587. The van der Waals surface area contributed by atoms with Crippen molar-refractivity contribution < 1.29 is 28.7 Å². The number of ether oxygens (including phenoxy) is 2. The largest absolute Gasteiger partial charge is 0.494 e. The number of carbonyl (C=O) groups is 4. The van der Waals surface area contributed by atoms with Crippen molar-refractivity contribution in [3.05, 3.63) is 48.5 Å². The van der Waals surface area contributed by atoms with Crippen LogP contribution in [0.25, 0.3) is 0 Å². The molecule has 1 aliphatic carbocycles. The molecule has 0 spiro atoms. The highest BCUT2D eigenvalue weighted by Crippen LogP contribution is 2.42. The molecular weight excluding hydrogens is 460 g/mol. The van der Waals surface area contributed by atoms with Gasteiger partial charge in [-0.2, -0.15) is 0 Å². The Morgan fingerprint density at radius 1 is 0.889 bits per heavy atom. The highest BCUT2D eigenvalue weighted by atomic mass is 16.5. The third-order valence-electron chi connectivity index (χ3n) is 7.42. The Labute approximate surface area is 210 Å². The van der Waals surface area contributed by atoms with Crippen molar-refractivity contribution in [2.24, 2.45) is 23.7 Å². The highest BCUT2D eigenvalue weighted by Gasteiger charge is 2.50. The van der Waals surface area contributed by atoms with Crippen molar-refractivity contribution >= 4 is 35.1 Å². The molecule has 188 valence electrons. The van der Waals surface area contributed by atoms with Crippen LogP contribution in [0.4, 0.5) is 11.4 Å². The molecule has 8 nitrogen and oxygen atoms in total. The lowest BCUT2D eigenvalue weighted by atomic mass is 9.76. The van der Waals surface area contributed by atoms with Crippen LogP contribution in [0.5, 0.6) is 11.5 Å². The molecule has 3 fully saturated rings. The summed E-state index contributed by atoms with van der Waals surface area (Å²) in [5.41, 5.74) is 1.20. The van der Waals surface area contributed by atoms with Gasteiger partial charge in [0.1, 0.15) is 11.5 Å². The molecule has 2 saturated heterocycles. The first kappa shape index (κ1) is 24.0. The average molecular weight is 491 g/mol. The molecule has 8 heteroatoms. The lowest BCUT2D eigenvalue weighted by Crippen LogP contribution is -2.30. The Kier molecular flexibility index (Phi) is 6.51. The van der Waals surface area contributed by atoms with Crippen molar-refractivity contribution in [1.29, 1.82) is 0 Å². The Hall–Kier alpha value is -3.68. The molecule has 3 amide bonds. The second-order valence-corrected chi connectivity index (χ2v) is 9.89. The van der Waals surface area contributed by atoms with Gasteiger partial charge in [-0.25, -0.2) is 0 Å². The molecular formula is C28H30N2O6. The van der Waals surface area contributed by atoms with E-state index in [-0.39, 0.29) is 42.5 Å². The van der Waals surface area contributed by atoms with Gasteiger partial charge in [0.15, 0.2) is 0 Å². The predicted octanol–water partition coefficient (Wildman–Crippen LogP) is 3.97. The molecule has 0 radical (unpaired) electrons. The fraction of sp³-hybridized carbons (Fsp3) is 0.429. The van der Waals surface area contributed by atoms with Gasteiger partial charge < -0.3 is 14.4 Å². The zero-order chi connectivity index (χ0) is 25.4. The summed E-state index contributed by atoms with van der Waals surface area (Å²) in [4.78, 5) is 54.0. The van der Waals surface area contributed by atoms with E-state index in [0.29, 0.717) is 29.6 Å². The fourth-order valence-electron chi connectivity index (χ4n) is 5.51. The first-order chi connectivity index (χ1) is 17.4. The number of anilines is 2. The zero-order valence-corrected chi connectivity index (χ0v) is 20.5. The smallest absolute Gasteiger partial charge is 0.316 e. The van der Waals surface area contributed by atoms with Gasteiger partial charge in [-0.15, -0.1) is 0 Å². The van der Waals surface area contributed by atoms with Crippen molar-refractivity contribution in [3.63, 3.8) is 0 Å². The first-order valence-electron chi connectivity index (χ1n) is 12.6. The Morgan fingerprint density at radius 2 is 1.53 bits per heavy atom. The molecule has 0 unspecified atom stereocenters. The number of nitrogens with zero attached hydrogens (tertiary/aromatic N) is 2. The third kappa shape index (κ3) is 4.47. The Balaban J connectivity index is 1.21. The van der Waals surface area contributed by atoms with Gasteiger partial charge in [-0.1, -0.05) is 6.92 Å². The van der Waals surface area contributed by atoms with Gasteiger partial charge >= 0.3 is 5.97 Å². The maximum absolute atomic E-state index is 12.9. The number of hydrogen-bond acceptors (Lipinski definition) is 6. The monoisotopic (exact) mass is 490 g/mol. The van der Waals surface area contributed by atoms with Crippen LogP contribution in [0.15, 0.2) is 48.5 Å². The molecule has 2 aromatic rings. The number of fused-ring (bicyclic) bond motifs is 1. The van der Waals surface area contributed by atoms with Crippen molar-refractivity contribution in [2.75, 3.05) is 23.0 Å². The summed E-state index contributed by atoms with van der Waals surface area (Å²) in [5, 5.41) is 0. The summed E-state index contributed by atoms with van der Waals surface area (Å²) in [7, 11) is 0. The summed E-state index contributed by atoms with van der Waals surface area (Å²) in [6.07, 6.45) is 2.52. The van der Waals surface area contributed by atoms with Crippen LogP contribution < -0.4 is 19.3 Å². The Morgan fingerprint density at radius 3 is 2.22 bits per heavy atom. The second kappa shape index (κ2) is 9.76. The molecule has 2 aromatic carbocycles. The molecule has 4 atom stereocenters. The molecule has 3 aliphatic rings. The summed E-state index contributed by atoms with van der Waals surface area (Å²) in [6, 6.07) is 13.6. The molecule has 1 saturated carbocycles. The van der Waals surface area contributed by atoms with E-state index in [2.05, 4.69) is 6.92 Å². The van der Waals surface area contributed by atoms with Crippen LogP contribution in [0, 0.1) is 23.7 Å². The second-order valence-electron chi connectivity index (χ2n) is 9.89. The first-order valence-corrected chi connectivity index (χ1v) is 12.6. The predicted molar refractivity (Wildman–Crippen MR) is 133 cm³/mol. The number of rotatable bonds is 6. The standard InChI is InChI=1S/C28H30N2O6/c1-3-35-21-9-5-19(6-10-21)29-16-18(15-25(29)31)28(34)36-22-11-7-20(8-12-22)30-26(32)23-13-4-17(2)14-24(23)27(30)33/h5-12,17-18,23-24H,3-4,13-16H2,1-2H3/t17-,18+,23+,24+/m1/s1. The van der Waals surface area contributed by atoms with Crippen molar-refractivity contribution in [3.8, 4) is 11.5 Å². The Bertz CT molecular complexity index is 1180. The van der Waals surface area contributed by atoms with Gasteiger partial charge in [0.25, 0.3) is 0 Å². The van der Waals surface area contributed by atoms with E-state index in [9.17, 15) is 19.2 Å². The van der Waals surface area contributed by atoms with Gasteiger partial charge in [0.05, 0.1) is 30.0 Å². The topological polar surface area (TPSA) is 93.2 Å². The lowest BCUT2D eigenvalue weighted by Gasteiger charge is -2.25. The SMILES string of the molecule is CCOc1ccc(N2C[C@@H](C(=O)Oc3ccc(N4C(=O)[C@H]5CC[C@@H](C)C[C@@H]5C4=O)cc3)CC2=O)cc1. The average Bonchev–Trinajstić information content (AvgIpc) is 3.37. The molecule has 36 heavy (non-hydrogen) atoms. The highest BCUT2D eigenvalue weighted by molar-refractivity contribution is 6.22. The maximum atomic E-state index is 12.9. The van der Waals surface area contributed by atoms with E-state index < -0.39 is 11.9 Å². The van der Waals surface area contributed by atoms with Crippen molar-refractivity contribution in [1.82, 2.24) is 0 Å². The molecule has 0 bridgehead atoms. The van der Waals surface area contributed by atoms with Crippen LogP contribution in [0.2, 0.25) is 0 Å². The number of imide groups is 1. The summed E-state index contributed by atoms with van der Waals surface area (Å²) in [5.74, 6) is -0.495. The number of carbonyl (C=O) groups excluding carboxylic acids is 4. The summed E-state index contributed by atoms with van der Waals surface area (Å²) < 4.78 is 11.0. The minimum absolute atomic E-state index is 0.0715. The van der Waals surface area contributed by atoms with Crippen LogP contribution in [0.1, 0.15) is 39.5 Å². The molecule has 2 aliphatic heterocycles. The molecule has 5 rings (SSSR count). The summed E-state index contributed by atoms with van der Waals surface area (Å²) >= 11 is 0. The number of amides is 3. The van der Waals surface area contributed by atoms with Crippen LogP contribution in [0.3, 0.4) is 0 Å². The molecule has 0 N–H and O–H groups in total. The van der Waals surface area contributed by atoms with Gasteiger partial charge in [-0.3, -0.25) is 24.1 Å². The minimum Gasteiger partial charge on any atom is -0.494 e. The van der Waals surface area contributed by atoms with Crippen LogP contribution in [-0.4, -0.2) is 36.8 Å². The zero-order valence-electron chi connectivity index (χ0n) is 20.5. The van der Waals surface area contributed by atoms with Gasteiger partial charge in [0.2, 0.25) is 17.7 Å². The fourth-order valence-corrected chi connectivity index (χ4v) is 5.51. The number of benzene rings is 2. The van der Waals surface area contributed by atoms with Crippen molar-refractivity contribution in [2.45, 2.75) is 39.5 Å². The summed E-state index contributed by atoms with van der Waals surface area (Å²) in [6.45, 7) is 4.82. The number of hydrogen-bond donors (Lipinski definition) is 0. The number of esters is 1. The van der Waals surface area contributed by atoms with E-state index in [1.807, 2.05) is 6.92 Å². The van der Waals surface area contributed by atoms with E-state index in [0.717, 1.165) is 25.0 Å². The van der Waals surface area contributed by atoms with Crippen LogP contribution >= 0.6 is 0 Å². The molecule has 2 heterocycles. The third-order valence-corrected chi connectivity index (χ3v) is 7.42. The quantitative estimate of drug-likeness (QED) is 0.346. The van der Waals surface area contributed by atoms with Crippen LogP contribution in [-0.2, 0) is 19.2 Å². The maximum Gasteiger partial charge on any atom is 0.316 e. The molecule has 0 aromatic heterocycles. The van der Waals surface area contributed by atoms with E-state index in [1.54, 1.807) is 53.4 Å². The van der Waals surface area contributed by atoms with Gasteiger partial charge in [0, 0.05) is 18.7 Å². The van der Waals surface area contributed by atoms with E-state index in [4.69, 9.17) is 9.47 Å². The normalized spacial score (nSPS) is 25.8. The lowest BCUT2D eigenvalue weighted by molar-refractivity contribution is -0.139. The van der Waals surface area contributed by atoms with Gasteiger partial charge in [-0.05, 0) is 80.6 Å². The van der Waals surface area contributed by atoms with E-state index >= 15 is 0 Å². The van der Waals surface area contributed by atoms with E-state index in [1.165, 1.54) is 4.90 Å².